The van der Waals surface area contributed by atoms with Crippen molar-refractivity contribution in [2.24, 2.45) is 0 Å². The summed E-state index contributed by atoms with van der Waals surface area (Å²) in [6.45, 7) is 7.23. The van der Waals surface area contributed by atoms with E-state index in [1.54, 1.807) is 0 Å². The zero-order valence-electron chi connectivity index (χ0n) is 11.0. The monoisotopic (exact) mass is 303 g/mol. The number of aryl methyl sites for hydroxylation is 3. The Hall–Kier alpha value is -1.28. The zero-order valence-corrected chi connectivity index (χ0v) is 12.6. The Bertz CT molecular complexity index is 541. The van der Waals surface area contributed by atoms with Crippen LogP contribution in [0.15, 0.2) is 40.9 Å². The van der Waals surface area contributed by atoms with Crippen LogP contribution in [-0.2, 0) is 6.54 Å². The summed E-state index contributed by atoms with van der Waals surface area (Å²) in [7, 11) is 0. The normalized spacial score (nSPS) is 10.4. The number of hydrogen-bond donors (Lipinski definition) is 1. The molecule has 2 aromatic rings. The molecule has 2 heteroatoms. The number of anilines is 1. The highest BCUT2D eigenvalue weighted by Crippen LogP contribution is 2.24. The second-order valence-corrected chi connectivity index (χ2v) is 5.69. The van der Waals surface area contributed by atoms with Gasteiger partial charge in [0.2, 0.25) is 0 Å². The molecule has 0 saturated carbocycles. The molecule has 0 bridgehead atoms. The number of benzene rings is 2. The lowest BCUT2D eigenvalue weighted by Gasteiger charge is -2.11. The molecule has 0 aromatic heterocycles. The minimum absolute atomic E-state index is 0.852. The van der Waals surface area contributed by atoms with Crippen LogP contribution in [0.1, 0.15) is 22.3 Å². The first-order chi connectivity index (χ1) is 8.54. The van der Waals surface area contributed by atoms with E-state index in [0.29, 0.717) is 0 Å². The number of hydrogen-bond acceptors (Lipinski definition) is 1. The fraction of sp³-hybridized carbons (Fsp3) is 0.250. The van der Waals surface area contributed by atoms with Gasteiger partial charge in [-0.25, -0.2) is 0 Å². The smallest absolute Gasteiger partial charge is 0.0489 e. The van der Waals surface area contributed by atoms with Crippen molar-refractivity contribution in [2.45, 2.75) is 27.3 Å². The SMILES string of the molecule is Cc1cc(C)cc(CNc2cc(C)ccc2Br)c1. The summed E-state index contributed by atoms with van der Waals surface area (Å²) in [4.78, 5) is 0. The molecule has 0 heterocycles. The number of rotatable bonds is 3. The van der Waals surface area contributed by atoms with Gasteiger partial charge in [0.1, 0.15) is 0 Å². The van der Waals surface area contributed by atoms with E-state index in [0.717, 1.165) is 16.7 Å². The first kappa shape index (κ1) is 13.2. The second-order valence-electron chi connectivity index (χ2n) is 4.83. The molecule has 0 aliphatic carbocycles. The summed E-state index contributed by atoms with van der Waals surface area (Å²) < 4.78 is 1.11. The van der Waals surface area contributed by atoms with Crippen LogP contribution in [0.25, 0.3) is 0 Å². The van der Waals surface area contributed by atoms with E-state index in [1.807, 2.05) is 0 Å². The van der Waals surface area contributed by atoms with Gasteiger partial charge < -0.3 is 5.32 Å². The van der Waals surface area contributed by atoms with Crippen molar-refractivity contribution in [1.29, 1.82) is 0 Å². The molecule has 18 heavy (non-hydrogen) atoms. The minimum atomic E-state index is 0.852. The summed E-state index contributed by atoms with van der Waals surface area (Å²) in [5.74, 6) is 0. The van der Waals surface area contributed by atoms with E-state index in [1.165, 1.54) is 22.3 Å². The van der Waals surface area contributed by atoms with Crippen molar-refractivity contribution in [3.8, 4) is 0 Å². The number of nitrogens with one attached hydrogen (secondary N) is 1. The second kappa shape index (κ2) is 5.57. The zero-order chi connectivity index (χ0) is 13.1. The summed E-state index contributed by atoms with van der Waals surface area (Å²) in [5, 5.41) is 3.48. The first-order valence-electron chi connectivity index (χ1n) is 6.12. The summed E-state index contributed by atoms with van der Waals surface area (Å²) in [6, 6.07) is 13.0. The Balaban J connectivity index is 2.13. The molecule has 94 valence electrons. The molecule has 0 unspecified atom stereocenters. The van der Waals surface area contributed by atoms with Crippen LogP contribution >= 0.6 is 15.9 Å². The van der Waals surface area contributed by atoms with Gasteiger partial charge >= 0.3 is 0 Å². The van der Waals surface area contributed by atoms with Gasteiger partial charge in [-0.15, -0.1) is 0 Å². The molecule has 0 aliphatic heterocycles. The highest BCUT2D eigenvalue weighted by Gasteiger charge is 2.01. The van der Waals surface area contributed by atoms with Gasteiger partial charge in [-0.05, 0) is 60.0 Å². The lowest BCUT2D eigenvalue weighted by Crippen LogP contribution is -2.01. The van der Waals surface area contributed by atoms with Gasteiger partial charge in [-0.2, -0.15) is 0 Å². The van der Waals surface area contributed by atoms with Crippen molar-refractivity contribution >= 4 is 21.6 Å². The Kier molecular flexibility index (Phi) is 4.07. The average Bonchev–Trinajstić information content (AvgIpc) is 2.29. The molecular weight excluding hydrogens is 286 g/mol. The Morgan fingerprint density at radius 3 is 2.22 bits per heavy atom. The van der Waals surface area contributed by atoms with E-state index in [9.17, 15) is 0 Å². The molecule has 2 aromatic carbocycles. The third-order valence-corrected chi connectivity index (χ3v) is 3.58. The molecule has 0 spiro atoms. The highest BCUT2D eigenvalue weighted by atomic mass is 79.9. The van der Waals surface area contributed by atoms with Crippen LogP contribution < -0.4 is 5.32 Å². The average molecular weight is 304 g/mol. The third kappa shape index (κ3) is 3.36. The quantitative estimate of drug-likeness (QED) is 0.842. The van der Waals surface area contributed by atoms with Crippen LogP contribution in [0.5, 0.6) is 0 Å². The molecule has 0 radical (unpaired) electrons. The summed E-state index contributed by atoms with van der Waals surface area (Å²) >= 11 is 3.57. The van der Waals surface area contributed by atoms with E-state index in [4.69, 9.17) is 0 Å². The predicted octanol–water partition coefficient (Wildman–Crippen LogP) is 4.99. The maximum atomic E-state index is 3.57. The molecule has 2 rings (SSSR count). The Labute approximate surface area is 117 Å². The van der Waals surface area contributed by atoms with Gasteiger partial charge in [-0.3, -0.25) is 0 Å². The van der Waals surface area contributed by atoms with Gasteiger partial charge in [-0.1, -0.05) is 35.4 Å². The van der Waals surface area contributed by atoms with Crippen molar-refractivity contribution in [2.75, 3.05) is 5.32 Å². The van der Waals surface area contributed by atoms with E-state index in [-0.39, 0.29) is 0 Å². The summed E-state index contributed by atoms with van der Waals surface area (Å²) in [6.07, 6.45) is 0. The fourth-order valence-corrected chi connectivity index (χ4v) is 2.53. The highest BCUT2D eigenvalue weighted by molar-refractivity contribution is 9.10. The maximum absolute atomic E-state index is 3.57. The Morgan fingerprint density at radius 1 is 0.889 bits per heavy atom. The fourth-order valence-electron chi connectivity index (χ4n) is 2.14. The van der Waals surface area contributed by atoms with Crippen LogP contribution in [0.2, 0.25) is 0 Å². The standard InChI is InChI=1S/C16H18BrN/c1-11-4-5-15(17)16(9-11)18-10-14-7-12(2)6-13(3)8-14/h4-9,18H,10H2,1-3H3. The number of halogens is 1. The first-order valence-corrected chi connectivity index (χ1v) is 6.91. The molecule has 0 saturated heterocycles. The lowest BCUT2D eigenvalue weighted by molar-refractivity contribution is 1.13. The van der Waals surface area contributed by atoms with Crippen LogP contribution in [0.3, 0.4) is 0 Å². The van der Waals surface area contributed by atoms with Crippen molar-refractivity contribution in [3.05, 3.63) is 63.1 Å². The lowest BCUT2D eigenvalue weighted by atomic mass is 10.1. The van der Waals surface area contributed by atoms with Crippen LogP contribution in [-0.4, -0.2) is 0 Å². The van der Waals surface area contributed by atoms with E-state index in [2.05, 4.69) is 78.4 Å². The molecular formula is C16H18BrN. The topological polar surface area (TPSA) is 12.0 Å². The van der Waals surface area contributed by atoms with Gasteiger partial charge in [0, 0.05) is 16.7 Å². The predicted molar refractivity (Wildman–Crippen MR) is 82.1 cm³/mol. The van der Waals surface area contributed by atoms with Crippen molar-refractivity contribution < 1.29 is 0 Å². The van der Waals surface area contributed by atoms with E-state index < -0.39 is 0 Å². The third-order valence-electron chi connectivity index (χ3n) is 2.89. The maximum Gasteiger partial charge on any atom is 0.0489 e. The Morgan fingerprint density at radius 2 is 1.56 bits per heavy atom. The molecule has 0 aliphatic rings. The van der Waals surface area contributed by atoms with Crippen LogP contribution in [0.4, 0.5) is 5.69 Å². The van der Waals surface area contributed by atoms with E-state index >= 15 is 0 Å². The molecule has 0 amide bonds. The molecule has 1 nitrogen and oxygen atoms in total. The molecule has 0 fully saturated rings. The van der Waals surface area contributed by atoms with Gasteiger partial charge in [0.15, 0.2) is 0 Å². The van der Waals surface area contributed by atoms with Crippen LogP contribution in [0, 0.1) is 20.8 Å². The molecule has 1 N–H and O–H groups in total. The van der Waals surface area contributed by atoms with Crippen molar-refractivity contribution in [3.63, 3.8) is 0 Å². The largest absolute Gasteiger partial charge is 0.380 e. The van der Waals surface area contributed by atoms with Gasteiger partial charge in [0.25, 0.3) is 0 Å². The minimum Gasteiger partial charge on any atom is -0.380 e. The molecule has 0 atom stereocenters. The van der Waals surface area contributed by atoms with Crippen molar-refractivity contribution in [1.82, 2.24) is 0 Å². The van der Waals surface area contributed by atoms with Gasteiger partial charge in [0.05, 0.1) is 0 Å². The summed E-state index contributed by atoms with van der Waals surface area (Å²) in [5.41, 5.74) is 6.36.